The number of rotatable bonds is 3. The van der Waals surface area contributed by atoms with Gasteiger partial charge in [-0.1, -0.05) is 12.1 Å². The van der Waals surface area contributed by atoms with Crippen LogP contribution in [-0.2, 0) is 4.79 Å². The van der Waals surface area contributed by atoms with Gasteiger partial charge in [0.15, 0.2) is 11.5 Å². The van der Waals surface area contributed by atoms with Gasteiger partial charge in [-0.3, -0.25) is 4.79 Å². The number of phenols is 1. The van der Waals surface area contributed by atoms with Crippen molar-refractivity contribution in [2.45, 2.75) is 26.2 Å². The number of aryl methyl sites for hydroxylation is 2. The first kappa shape index (κ1) is 17.1. The van der Waals surface area contributed by atoms with Crippen LogP contribution in [0.5, 0.6) is 11.5 Å². The van der Waals surface area contributed by atoms with Crippen molar-refractivity contribution >= 4 is 11.7 Å². The van der Waals surface area contributed by atoms with Crippen LogP contribution in [0.15, 0.2) is 42.6 Å². The number of hydrogen-bond acceptors (Lipinski definition) is 4. The highest BCUT2D eigenvalue weighted by atomic mass is 16.5. The van der Waals surface area contributed by atoms with Gasteiger partial charge in [-0.2, -0.15) is 5.10 Å². The summed E-state index contributed by atoms with van der Waals surface area (Å²) in [6.07, 6.45) is 2.12. The van der Waals surface area contributed by atoms with Gasteiger partial charge in [-0.15, -0.1) is 0 Å². The molecule has 0 bridgehead atoms. The molecule has 0 radical (unpaired) electrons. The van der Waals surface area contributed by atoms with E-state index in [1.807, 2.05) is 32.0 Å². The Bertz CT molecular complexity index is 1020. The molecular formula is C21H21N3O3. The minimum atomic E-state index is -0.150. The maximum Gasteiger partial charge on any atom is 0.226 e. The van der Waals surface area contributed by atoms with E-state index in [9.17, 15) is 9.90 Å². The third-order valence-electron chi connectivity index (χ3n) is 4.88. The standard InChI is InChI=1S/C21H21N3O3/c1-12-6-13(2)8-15(7-12)24-21-17(11-22-24)16(10-20(26)23-21)14-4-5-18(25)19(9-14)27-3/h4-9,11,16,25H,10H2,1-3H3,(H,23,26). The molecule has 6 heteroatoms. The van der Waals surface area contributed by atoms with E-state index in [-0.39, 0.29) is 17.6 Å². The number of carbonyl (C=O) groups excluding carboxylic acids is 1. The van der Waals surface area contributed by atoms with Gasteiger partial charge in [-0.25, -0.2) is 4.68 Å². The summed E-state index contributed by atoms with van der Waals surface area (Å²) in [5, 5.41) is 17.4. The first-order chi connectivity index (χ1) is 13.0. The van der Waals surface area contributed by atoms with Crippen LogP contribution in [0.25, 0.3) is 5.69 Å². The lowest BCUT2D eigenvalue weighted by Gasteiger charge is -2.24. The summed E-state index contributed by atoms with van der Waals surface area (Å²) in [7, 11) is 1.51. The first-order valence-electron chi connectivity index (χ1n) is 8.79. The van der Waals surface area contributed by atoms with Crippen LogP contribution in [0, 0.1) is 13.8 Å². The quantitative estimate of drug-likeness (QED) is 0.744. The number of amides is 1. The Morgan fingerprint density at radius 2 is 1.93 bits per heavy atom. The van der Waals surface area contributed by atoms with Crippen molar-refractivity contribution in [3.8, 4) is 17.2 Å². The zero-order chi connectivity index (χ0) is 19.1. The highest BCUT2D eigenvalue weighted by molar-refractivity contribution is 5.94. The third kappa shape index (κ3) is 3.03. The minimum absolute atomic E-state index is 0.0642. The number of phenolic OH excluding ortho intramolecular Hbond substituents is 1. The highest BCUT2D eigenvalue weighted by Crippen LogP contribution is 2.40. The smallest absolute Gasteiger partial charge is 0.226 e. The Morgan fingerprint density at radius 1 is 1.19 bits per heavy atom. The Balaban J connectivity index is 1.82. The van der Waals surface area contributed by atoms with Crippen molar-refractivity contribution in [2.75, 3.05) is 12.4 Å². The molecule has 0 saturated heterocycles. The summed E-state index contributed by atoms with van der Waals surface area (Å²) in [5.74, 6) is 0.941. The Kier molecular flexibility index (Phi) is 4.11. The van der Waals surface area contributed by atoms with E-state index < -0.39 is 0 Å². The van der Waals surface area contributed by atoms with Gasteiger partial charge in [0, 0.05) is 17.9 Å². The summed E-state index contributed by atoms with van der Waals surface area (Å²) in [4.78, 5) is 12.4. The lowest BCUT2D eigenvalue weighted by molar-refractivity contribution is -0.116. The number of aromatic hydroxyl groups is 1. The monoisotopic (exact) mass is 363 g/mol. The number of carbonyl (C=O) groups is 1. The number of benzene rings is 2. The molecule has 2 heterocycles. The molecule has 0 spiro atoms. The fourth-order valence-corrected chi connectivity index (χ4v) is 3.70. The molecule has 1 aliphatic rings. The van der Waals surface area contributed by atoms with Gasteiger partial charge in [0.1, 0.15) is 5.82 Å². The van der Waals surface area contributed by atoms with Gasteiger partial charge in [0.25, 0.3) is 0 Å². The molecular weight excluding hydrogens is 342 g/mol. The van der Waals surface area contributed by atoms with E-state index >= 15 is 0 Å². The summed E-state index contributed by atoms with van der Waals surface area (Å²) in [6, 6.07) is 11.4. The van der Waals surface area contributed by atoms with Gasteiger partial charge in [0.05, 0.1) is 19.0 Å². The van der Waals surface area contributed by atoms with Crippen LogP contribution in [-0.4, -0.2) is 27.9 Å². The molecule has 1 atom stereocenters. The van der Waals surface area contributed by atoms with E-state index in [0.29, 0.717) is 18.0 Å². The first-order valence-corrected chi connectivity index (χ1v) is 8.79. The molecule has 2 N–H and O–H groups in total. The van der Waals surface area contributed by atoms with Crippen LogP contribution in [0.4, 0.5) is 5.82 Å². The van der Waals surface area contributed by atoms with Gasteiger partial charge in [-0.05, 0) is 54.8 Å². The Labute approximate surface area is 157 Å². The average Bonchev–Trinajstić information content (AvgIpc) is 3.04. The zero-order valence-electron chi connectivity index (χ0n) is 15.5. The summed E-state index contributed by atoms with van der Waals surface area (Å²) in [5.41, 5.74) is 5.03. The lowest BCUT2D eigenvalue weighted by atomic mass is 9.87. The van der Waals surface area contributed by atoms with Crippen molar-refractivity contribution in [2.24, 2.45) is 0 Å². The summed E-state index contributed by atoms with van der Waals surface area (Å²) >= 11 is 0. The van der Waals surface area contributed by atoms with Gasteiger partial charge >= 0.3 is 0 Å². The molecule has 0 saturated carbocycles. The van der Waals surface area contributed by atoms with Crippen molar-refractivity contribution in [3.05, 3.63) is 64.8 Å². The number of fused-ring (bicyclic) bond motifs is 1. The number of anilines is 1. The van der Waals surface area contributed by atoms with E-state index in [1.54, 1.807) is 23.0 Å². The molecule has 138 valence electrons. The maximum absolute atomic E-state index is 12.4. The molecule has 1 unspecified atom stereocenters. The second kappa shape index (κ2) is 6.46. The number of nitrogens with one attached hydrogen (secondary N) is 1. The Hall–Kier alpha value is -3.28. The molecule has 0 fully saturated rings. The lowest BCUT2D eigenvalue weighted by Crippen LogP contribution is -2.24. The summed E-state index contributed by atoms with van der Waals surface area (Å²) in [6.45, 7) is 4.08. The van der Waals surface area contributed by atoms with Gasteiger partial charge < -0.3 is 15.2 Å². The zero-order valence-corrected chi connectivity index (χ0v) is 15.5. The summed E-state index contributed by atoms with van der Waals surface area (Å²) < 4.78 is 7.00. The molecule has 1 aliphatic heterocycles. The van der Waals surface area contributed by atoms with Crippen molar-refractivity contribution in [1.29, 1.82) is 0 Å². The van der Waals surface area contributed by atoms with Crippen molar-refractivity contribution in [1.82, 2.24) is 9.78 Å². The number of nitrogens with zero attached hydrogens (tertiary/aromatic N) is 2. The molecule has 27 heavy (non-hydrogen) atoms. The average molecular weight is 363 g/mol. The van der Waals surface area contributed by atoms with Crippen LogP contribution in [0.1, 0.15) is 34.6 Å². The molecule has 1 aromatic heterocycles. The van der Waals surface area contributed by atoms with Crippen molar-refractivity contribution < 1.29 is 14.6 Å². The molecule has 4 rings (SSSR count). The largest absolute Gasteiger partial charge is 0.504 e. The normalized spacial score (nSPS) is 16.0. The fraction of sp³-hybridized carbons (Fsp3) is 0.238. The highest BCUT2D eigenvalue weighted by Gasteiger charge is 2.31. The van der Waals surface area contributed by atoms with E-state index in [4.69, 9.17) is 4.74 Å². The van der Waals surface area contributed by atoms with E-state index in [2.05, 4.69) is 16.5 Å². The SMILES string of the molecule is COc1cc(C2CC(=O)Nc3c2cnn3-c2cc(C)cc(C)c2)ccc1O. The predicted molar refractivity (Wildman–Crippen MR) is 103 cm³/mol. The topological polar surface area (TPSA) is 76.4 Å². The maximum atomic E-state index is 12.4. The van der Waals surface area contributed by atoms with E-state index in [0.717, 1.165) is 27.9 Å². The minimum Gasteiger partial charge on any atom is -0.504 e. The van der Waals surface area contributed by atoms with Crippen LogP contribution >= 0.6 is 0 Å². The second-order valence-electron chi connectivity index (χ2n) is 6.94. The molecule has 3 aromatic rings. The number of methoxy groups -OCH3 is 1. The Morgan fingerprint density at radius 3 is 2.63 bits per heavy atom. The third-order valence-corrected chi connectivity index (χ3v) is 4.88. The second-order valence-corrected chi connectivity index (χ2v) is 6.94. The fourth-order valence-electron chi connectivity index (χ4n) is 3.70. The van der Waals surface area contributed by atoms with Crippen LogP contribution < -0.4 is 10.1 Å². The van der Waals surface area contributed by atoms with Crippen LogP contribution in [0.3, 0.4) is 0 Å². The predicted octanol–water partition coefficient (Wildman–Crippen LogP) is 3.68. The number of hydrogen-bond donors (Lipinski definition) is 2. The molecule has 2 aromatic carbocycles. The molecule has 6 nitrogen and oxygen atoms in total. The van der Waals surface area contributed by atoms with Crippen molar-refractivity contribution in [3.63, 3.8) is 0 Å². The molecule has 1 amide bonds. The molecule has 0 aliphatic carbocycles. The number of aromatic nitrogens is 2. The number of ether oxygens (including phenoxy) is 1. The van der Waals surface area contributed by atoms with Gasteiger partial charge in [0.2, 0.25) is 5.91 Å². The van der Waals surface area contributed by atoms with Crippen LogP contribution in [0.2, 0.25) is 0 Å². The van der Waals surface area contributed by atoms with E-state index in [1.165, 1.54) is 7.11 Å².